The summed E-state index contributed by atoms with van der Waals surface area (Å²) in [6.45, 7) is 2.19. The molecule has 0 heterocycles. The molecule has 0 bridgehead atoms. The molecule has 2 aromatic rings. The first-order chi connectivity index (χ1) is 11.7. The zero-order valence-electron chi connectivity index (χ0n) is 13.1. The van der Waals surface area contributed by atoms with Gasteiger partial charge in [0.05, 0.1) is 22.4 Å². The van der Waals surface area contributed by atoms with E-state index in [9.17, 15) is 22.0 Å². The van der Waals surface area contributed by atoms with E-state index in [0.717, 1.165) is 12.1 Å². The lowest BCUT2D eigenvalue weighted by Crippen LogP contribution is -2.32. The second kappa shape index (κ2) is 7.92. The van der Waals surface area contributed by atoms with E-state index < -0.39 is 34.0 Å². The van der Waals surface area contributed by atoms with Gasteiger partial charge in [-0.1, -0.05) is 6.07 Å². The summed E-state index contributed by atoms with van der Waals surface area (Å²) >= 11 is 3.19. The molecule has 1 amide bonds. The molecule has 25 heavy (non-hydrogen) atoms. The van der Waals surface area contributed by atoms with Crippen LogP contribution >= 0.6 is 15.9 Å². The number of sulfonamides is 1. The number of carbonyl (C=O) groups is 1. The fourth-order valence-corrected chi connectivity index (χ4v) is 3.66. The second-order valence-electron chi connectivity index (χ2n) is 4.97. The van der Waals surface area contributed by atoms with Crippen LogP contribution in [0.1, 0.15) is 12.5 Å². The molecule has 0 spiro atoms. The summed E-state index contributed by atoms with van der Waals surface area (Å²) in [7, 11) is -4.14. The molecule has 0 aromatic heterocycles. The molecule has 0 aliphatic carbocycles. The number of ether oxygens (including phenoxy) is 1. The first-order valence-corrected chi connectivity index (χ1v) is 9.42. The molecule has 2 aromatic carbocycles. The fourth-order valence-electron chi connectivity index (χ4n) is 2.00. The zero-order valence-corrected chi connectivity index (χ0v) is 15.5. The number of benzene rings is 2. The van der Waals surface area contributed by atoms with Crippen molar-refractivity contribution in [3.8, 4) is 5.75 Å². The molecule has 0 saturated heterocycles. The zero-order chi connectivity index (χ0) is 18.6. The number of rotatable bonds is 6. The third kappa shape index (κ3) is 4.99. The van der Waals surface area contributed by atoms with Crippen molar-refractivity contribution in [2.24, 2.45) is 0 Å². The number of hydrogen-bond acceptors (Lipinski definition) is 4. The highest BCUT2D eigenvalue weighted by Gasteiger charge is 2.20. The summed E-state index contributed by atoms with van der Waals surface area (Å²) in [4.78, 5) is 11.7. The summed E-state index contributed by atoms with van der Waals surface area (Å²) in [6, 6.07) is 6.73. The van der Waals surface area contributed by atoms with E-state index in [4.69, 9.17) is 4.74 Å². The van der Waals surface area contributed by atoms with Crippen LogP contribution in [0.4, 0.5) is 8.78 Å². The Bertz CT molecular complexity index is 903. The summed E-state index contributed by atoms with van der Waals surface area (Å²) in [5.41, 5.74) is -0.109. The maximum Gasteiger partial charge on any atom is 0.264 e. The van der Waals surface area contributed by atoms with Gasteiger partial charge in [0, 0.05) is 6.07 Å². The smallest absolute Gasteiger partial charge is 0.264 e. The molecule has 0 aliphatic rings. The highest BCUT2D eigenvalue weighted by atomic mass is 79.9. The minimum Gasteiger partial charge on any atom is -0.493 e. The highest BCUT2D eigenvalue weighted by Crippen LogP contribution is 2.27. The molecule has 5 nitrogen and oxygen atoms in total. The lowest BCUT2D eigenvalue weighted by molar-refractivity contribution is -0.118. The first kappa shape index (κ1) is 19.3. The topological polar surface area (TPSA) is 72.5 Å². The number of carbonyl (C=O) groups excluding carboxylic acids is 1. The molecule has 0 unspecified atom stereocenters. The van der Waals surface area contributed by atoms with Crippen LogP contribution in [0.15, 0.2) is 45.8 Å². The number of amides is 1. The van der Waals surface area contributed by atoms with Gasteiger partial charge in [-0.25, -0.2) is 21.9 Å². The van der Waals surface area contributed by atoms with Crippen LogP contribution in [0, 0.1) is 11.6 Å². The maximum atomic E-state index is 13.5. The Labute approximate surface area is 152 Å². The van der Waals surface area contributed by atoms with Crippen LogP contribution in [0.3, 0.4) is 0 Å². The van der Waals surface area contributed by atoms with Crippen molar-refractivity contribution in [2.45, 2.75) is 18.2 Å². The van der Waals surface area contributed by atoms with Gasteiger partial charge in [-0.2, -0.15) is 0 Å². The number of nitrogens with one attached hydrogen (secondary N) is 1. The minimum absolute atomic E-state index is 0.109. The fraction of sp³-hybridized carbons (Fsp3) is 0.188. The van der Waals surface area contributed by atoms with Gasteiger partial charge in [-0.15, -0.1) is 0 Å². The molecule has 1 N–H and O–H groups in total. The molecular weight excluding hydrogens is 420 g/mol. The molecule has 0 saturated carbocycles. The van der Waals surface area contributed by atoms with Gasteiger partial charge in [0.15, 0.2) is 0 Å². The number of hydrogen-bond donors (Lipinski definition) is 1. The predicted octanol–water partition coefficient (Wildman–Crippen LogP) is 3.17. The van der Waals surface area contributed by atoms with E-state index >= 15 is 0 Å². The summed E-state index contributed by atoms with van der Waals surface area (Å²) in [5, 5.41) is 0. The van der Waals surface area contributed by atoms with Gasteiger partial charge >= 0.3 is 0 Å². The van der Waals surface area contributed by atoms with Gasteiger partial charge in [-0.05, 0) is 52.7 Å². The van der Waals surface area contributed by atoms with E-state index in [1.165, 1.54) is 18.2 Å². The largest absolute Gasteiger partial charge is 0.493 e. The van der Waals surface area contributed by atoms with E-state index in [2.05, 4.69) is 15.9 Å². The summed E-state index contributed by atoms with van der Waals surface area (Å²) < 4.78 is 58.4. The lowest BCUT2D eigenvalue weighted by Gasteiger charge is -2.10. The molecule has 0 aliphatic heterocycles. The van der Waals surface area contributed by atoms with Crippen molar-refractivity contribution >= 4 is 31.9 Å². The van der Waals surface area contributed by atoms with Crippen molar-refractivity contribution in [1.29, 1.82) is 0 Å². The molecule has 134 valence electrons. The molecule has 9 heteroatoms. The van der Waals surface area contributed by atoms with Gasteiger partial charge < -0.3 is 4.74 Å². The molecular formula is C16H14BrF2NO4S. The summed E-state index contributed by atoms with van der Waals surface area (Å²) in [5.74, 6) is -2.18. The van der Waals surface area contributed by atoms with Gasteiger partial charge in [0.2, 0.25) is 5.91 Å². The Morgan fingerprint density at radius 2 is 1.92 bits per heavy atom. The SMILES string of the molecule is CCOc1ccc(S(=O)(=O)NC(=O)Cc2ccc(F)cc2F)cc1Br. The average molecular weight is 434 g/mol. The van der Waals surface area contributed by atoms with Crippen molar-refractivity contribution < 1.29 is 26.7 Å². The van der Waals surface area contributed by atoms with Gasteiger partial charge in [-0.3, -0.25) is 4.79 Å². The molecule has 2 rings (SSSR count). The lowest BCUT2D eigenvalue weighted by atomic mass is 10.1. The van der Waals surface area contributed by atoms with Crippen molar-refractivity contribution in [3.05, 3.63) is 58.1 Å². The molecule has 0 radical (unpaired) electrons. The minimum atomic E-state index is -4.14. The highest BCUT2D eigenvalue weighted by molar-refractivity contribution is 9.10. The van der Waals surface area contributed by atoms with E-state index in [0.29, 0.717) is 22.9 Å². The van der Waals surface area contributed by atoms with E-state index in [-0.39, 0.29) is 10.5 Å². The Morgan fingerprint density at radius 1 is 1.20 bits per heavy atom. The van der Waals surface area contributed by atoms with Crippen molar-refractivity contribution in [2.75, 3.05) is 6.61 Å². The standard InChI is InChI=1S/C16H14BrF2NO4S/c1-2-24-15-6-5-12(9-13(15)17)25(22,23)20-16(21)7-10-3-4-11(18)8-14(10)19/h3-6,8-9H,2,7H2,1H3,(H,20,21). The van der Waals surface area contributed by atoms with Crippen LogP contribution in [0.2, 0.25) is 0 Å². The van der Waals surface area contributed by atoms with Crippen LogP contribution in [-0.2, 0) is 21.2 Å². The van der Waals surface area contributed by atoms with Crippen molar-refractivity contribution in [3.63, 3.8) is 0 Å². The average Bonchev–Trinajstić information content (AvgIpc) is 2.51. The quantitative estimate of drug-likeness (QED) is 0.759. The normalized spacial score (nSPS) is 11.2. The van der Waals surface area contributed by atoms with Crippen LogP contribution in [0.25, 0.3) is 0 Å². The third-order valence-electron chi connectivity index (χ3n) is 3.13. The second-order valence-corrected chi connectivity index (χ2v) is 7.50. The Hall–Kier alpha value is -2.00. The third-order valence-corrected chi connectivity index (χ3v) is 5.12. The van der Waals surface area contributed by atoms with Crippen LogP contribution in [0.5, 0.6) is 5.75 Å². The van der Waals surface area contributed by atoms with Gasteiger partial charge in [0.25, 0.3) is 10.0 Å². The molecule has 0 atom stereocenters. The Balaban J connectivity index is 2.15. The van der Waals surface area contributed by atoms with E-state index in [1.54, 1.807) is 6.92 Å². The number of halogens is 3. The summed E-state index contributed by atoms with van der Waals surface area (Å²) in [6.07, 6.45) is -0.538. The van der Waals surface area contributed by atoms with Gasteiger partial charge in [0.1, 0.15) is 17.4 Å². The Kier molecular flexibility index (Phi) is 6.12. The van der Waals surface area contributed by atoms with Crippen LogP contribution < -0.4 is 9.46 Å². The monoisotopic (exact) mass is 433 g/mol. The first-order valence-electron chi connectivity index (χ1n) is 7.15. The maximum absolute atomic E-state index is 13.5. The van der Waals surface area contributed by atoms with Crippen molar-refractivity contribution in [1.82, 2.24) is 4.72 Å². The molecule has 0 fully saturated rings. The predicted molar refractivity (Wildman–Crippen MR) is 90.7 cm³/mol. The van der Waals surface area contributed by atoms with Crippen LogP contribution in [-0.4, -0.2) is 20.9 Å². The van der Waals surface area contributed by atoms with E-state index in [1.807, 2.05) is 4.72 Å². The Morgan fingerprint density at radius 3 is 2.52 bits per heavy atom.